The molecule has 0 radical (unpaired) electrons. The molecule has 1 saturated carbocycles. The van der Waals surface area contributed by atoms with Crippen molar-refractivity contribution < 1.29 is 4.43 Å². The summed E-state index contributed by atoms with van der Waals surface area (Å²) in [5.41, 5.74) is 1.21. The van der Waals surface area contributed by atoms with Gasteiger partial charge < -0.3 is 4.43 Å². The normalized spacial score (nSPS) is 17.5. The van der Waals surface area contributed by atoms with Crippen LogP contribution in [-0.2, 0) is 4.43 Å². The summed E-state index contributed by atoms with van der Waals surface area (Å²) in [6, 6.07) is 21.5. The van der Waals surface area contributed by atoms with E-state index in [1.54, 1.807) is 6.20 Å². The van der Waals surface area contributed by atoms with Gasteiger partial charge in [0, 0.05) is 0 Å². The summed E-state index contributed by atoms with van der Waals surface area (Å²) in [6.45, 7) is 13.9. The molecular formula is C22H25NOSi. The number of rotatable bonds is 4. The van der Waals surface area contributed by atoms with Gasteiger partial charge in [0.25, 0.3) is 8.32 Å². The Labute approximate surface area is 152 Å². The average molecular weight is 348 g/mol. The zero-order valence-electron chi connectivity index (χ0n) is 15.2. The highest BCUT2D eigenvalue weighted by atomic mass is 28.4. The van der Waals surface area contributed by atoms with Crippen LogP contribution in [0.5, 0.6) is 0 Å². The van der Waals surface area contributed by atoms with Crippen molar-refractivity contribution in [2.75, 3.05) is 0 Å². The molecule has 0 heterocycles. The molecule has 2 aromatic rings. The van der Waals surface area contributed by atoms with E-state index in [0.717, 1.165) is 12.8 Å². The lowest BCUT2D eigenvalue weighted by Crippen LogP contribution is -2.68. The summed E-state index contributed by atoms with van der Waals surface area (Å²) in [5, 5.41) is 2.64. The Morgan fingerprint density at radius 2 is 1.44 bits per heavy atom. The van der Waals surface area contributed by atoms with Crippen molar-refractivity contribution in [1.29, 1.82) is 0 Å². The van der Waals surface area contributed by atoms with E-state index in [2.05, 4.69) is 86.3 Å². The first-order valence-corrected chi connectivity index (χ1v) is 10.7. The van der Waals surface area contributed by atoms with Gasteiger partial charge >= 0.3 is 0 Å². The van der Waals surface area contributed by atoms with Crippen molar-refractivity contribution in [3.8, 4) is 0 Å². The first kappa shape index (κ1) is 17.7. The molecule has 0 saturated heterocycles. The molecule has 25 heavy (non-hydrogen) atoms. The van der Waals surface area contributed by atoms with Gasteiger partial charge in [-0.25, -0.2) is 4.85 Å². The van der Waals surface area contributed by atoms with E-state index < -0.39 is 8.32 Å². The maximum absolute atomic E-state index is 7.00. The van der Waals surface area contributed by atoms with Crippen molar-refractivity contribution in [2.24, 2.45) is 0 Å². The molecule has 3 heteroatoms. The average Bonchev–Trinajstić information content (AvgIpc) is 2.57. The number of hydrogen-bond acceptors (Lipinski definition) is 1. The lowest BCUT2D eigenvalue weighted by atomic mass is 9.90. The summed E-state index contributed by atoms with van der Waals surface area (Å²) in [5.74, 6) is 0. The molecule has 0 aromatic heterocycles. The molecule has 0 bridgehead atoms. The second kappa shape index (κ2) is 6.99. The minimum absolute atomic E-state index is 0.00890. The second-order valence-corrected chi connectivity index (χ2v) is 12.0. The van der Waals surface area contributed by atoms with Crippen molar-refractivity contribution in [2.45, 2.75) is 44.8 Å². The summed E-state index contributed by atoms with van der Waals surface area (Å²) in [6.07, 6.45) is 3.63. The number of hydrogen-bond donors (Lipinski definition) is 0. The van der Waals surface area contributed by atoms with Crippen LogP contribution in [0.15, 0.2) is 72.4 Å². The predicted molar refractivity (Wildman–Crippen MR) is 106 cm³/mol. The smallest absolute Gasteiger partial charge is 0.261 e. The Balaban J connectivity index is 2.07. The van der Waals surface area contributed by atoms with Crippen LogP contribution >= 0.6 is 0 Å². The maximum atomic E-state index is 7.00. The molecule has 0 N–H and O–H groups in total. The van der Waals surface area contributed by atoms with Crippen LogP contribution in [0, 0.1) is 6.57 Å². The zero-order valence-corrected chi connectivity index (χ0v) is 16.2. The van der Waals surface area contributed by atoms with Crippen molar-refractivity contribution in [3.05, 3.63) is 83.9 Å². The SMILES string of the molecule is [C-]#[N+]C=C1CC(O[Si](c2ccccc2)(c2ccccc2)C(C)(C)C)C1. The van der Waals surface area contributed by atoms with E-state index in [0.29, 0.717) is 0 Å². The van der Waals surface area contributed by atoms with E-state index in [9.17, 15) is 0 Å². The number of nitrogens with zero attached hydrogens (tertiary/aromatic N) is 1. The van der Waals surface area contributed by atoms with Gasteiger partial charge in [0.15, 0.2) is 6.20 Å². The van der Waals surface area contributed by atoms with Gasteiger partial charge in [0.05, 0.1) is 12.7 Å². The first-order valence-electron chi connectivity index (χ1n) is 8.81. The Morgan fingerprint density at radius 1 is 0.960 bits per heavy atom. The molecule has 0 atom stereocenters. The molecule has 0 spiro atoms. The van der Waals surface area contributed by atoms with Crippen molar-refractivity contribution >= 4 is 18.7 Å². The minimum Gasteiger partial charge on any atom is -0.404 e. The fourth-order valence-electron chi connectivity index (χ4n) is 3.75. The second-order valence-electron chi connectivity index (χ2n) is 7.73. The van der Waals surface area contributed by atoms with Crippen LogP contribution in [0.3, 0.4) is 0 Å². The third-order valence-corrected chi connectivity index (χ3v) is 10.1. The third-order valence-electron chi connectivity index (χ3n) is 4.99. The minimum atomic E-state index is -2.44. The monoisotopic (exact) mass is 347 g/mol. The molecule has 1 aliphatic rings. The highest BCUT2D eigenvalue weighted by Crippen LogP contribution is 2.41. The van der Waals surface area contributed by atoms with Crippen LogP contribution in [0.4, 0.5) is 0 Å². The molecule has 0 unspecified atom stereocenters. The van der Waals surface area contributed by atoms with E-state index in [4.69, 9.17) is 11.0 Å². The summed E-state index contributed by atoms with van der Waals surface area (Å²) >= 11 is 0. The fourth-order valence-corrected chi connectivity index (χ4v) is 8.43. The third kappa shape index (κ3) is 3.33. The van der Waals surface area contributed by atoms with E-state index >= 15 is 0 Å². The molecular weight excluding hydrogens is 322 g/mol. The van der Waals surface area contributed by atoms with Crippen LogP contribution in [0.1, 0.15) is 33.6 Å². The lowest BCUT2D eigenvalue weighted by Gasteiger charge is -2.47. The quantitative estimate of drug-likeness (QED) is 0.585. The standard InChI is InChI=1S/C22H25NOSi/c1-22(2,3)25(20-11-7-5-8-12-20,21-13-9-6-10-14-21)24-19-15-18(16-19)17-23-4/h5-14,17,19H,15-16H2,1-3H3. The Morgan fingerprint density at radius 3 is 1.84 bits per heavy atom. The fraction of sp³-hybridized carbons (Fsp3) is 0.318. The largest absolute Gasteiger partial charge is 0.404 e. The van der Waals surface area contributed by atoms with Gasteiger partial charge in [-0.15, -0.1) is 0 Å². The van der Waals surface area contributed by atoms with Crippen LogP contribution in [-0.4, -0.2) is 14.4 Å². The van der Waals surface area contributed by atoms with Gasteiger partial charge in [0.2, 0.25) is 0 Å². The van der Waals surface area contributed by atoms with Gasteiger partial charge in [-0.1, -0.05) is 87.0 Å². The molecule has 0 amide bonds. The van der Waals surface area contributed by atoms with Crippen molar-refractivity contribution in [3.63, 3.8) is 0 Å². The molecule has 2 aromatic carbocycles. The first-order chi connectivity index (χ1) is 12.0. The van der Waals surface area contributed by atoms with Crippen LogP contribution < -0.4 is 10.4 Å². The molecule has 3 rings (SSSR count). The summed E-state index contributed by atoms with van der Waals surface area (Å²) < 4.78 is 6.98. The highest BCUT2D eigenvalue weighted by molar-refractivity contribution is 6.99. The molecule has 128 valence electrons. The Kier molecular flexibility index (Phi) is 4.94. The van der Waals surface area contributed by atoms with Gasteiger partial charge in [-0.05, 0) is 28.3 Å². The van der Waals surface area contributed by atoms with Crippen LogP contribution in [0.25, 0.3) is 4.85 Å². The zero-order chi connectivity index (χ0) is 17.9. The highest BCUT2D eigenvalue weighted by Gasteiger charge is 2.52. The van der Waals surface area contributed by atoms with Gasteiger partial charge in [-0.3, -0.25) is 0 Å². The van der Waals surface area contributed by atoms with E-state index in [1.807, 2.05) is 0 Å². The Hall–Kier alpha value is -2.15. The van der Waals surface area contributed by atoms with Gasteiger partial charge in [-0.2, -0.15) is 0 Å². The van der Waals surface area contributed by atoms with Gasteiger partial charge in [0.1, 0.15) is 0 Å². The van der Waals surface area contributed by atoms with Crippen LogP contribution in [0.2, 0.25) is 5.04 Å². The van der Waals surface area contributed by atoms with E-state index in [-0.39, 0.29) is 11.1 Å². The number of benzene rings is 2. The van der Waals surface area contributed by atoms with E-state index in [1.165, 1.54) is 15.9 Å². The summed E-state index contributed by atoms with van der Waals surface area (Å²) in [4.78, 5) is 3.40. The molecule has 1 fully saturated rings. The molecule has 2 nitrogen and oxygen atoms in total. The molecule has 1 aliphatic carbocycles. The van der Waals surface area contributed by atoms with Crippen molar-refractivity contribution in [1.82, 2.24) is 0 Å². The summed E-state index contributed by atoms with van der Waals surface area (Å²) in [7, 11) is -2.44. The Bertz CT molecular complexity index is 737. The maximum Gasteiger partial charge on any atom is 0.261 e. The lowest BCUT2D eigenvalue weighted by molar-refractivity contribution is 0.149. The molecule has 0 aliphatic heterocycles. The topological polar surface area (TPSA) is 13.6 Å². The predicted octanol–water partition coefficient (Wildman–Crippen LogP) is 4.53.